The topological polar surface area (TPSA) is 84.1 Å². The number of carbonyl (C=O) groups is 2. The maximum absolute atomic E-state index is 14.1. The van der Waals surface area contributed by atoms with Gasteiger partial charge in [-0.1, -0.05) is 0 Å². The summed E-state index contributed by atoms with van der Waals surface area (Å²) in [6, 6.07) is 2.45. The van der Waals surface area contributed by atoms with Crippen molar-refractivity contribution in [1.82, 2.24) is 10.2 Å². The van der Waals surface area contributed by atoms with Gasteiger partial charge in [0.2, 0.25) is 5.95 Å². The van der Waals surface area contributed by atoms with Crippen LogP contribution in [0.2, 0.25) is 0 Å². The number of nitrogens with zero attached hydrogens (tertiary/aromatic N) is 1. The molecule has 22 heavy (non-hydrogen) atoms. The zero-order valence-electron chi connectivity index (χ0n) is 11.2. The molecule has 0 radical (unpaired) electrons. The Morgan fingerprint density at radius 2 is 2.05 bits per heavy atom. The summed E-state index contributed by atoms with van der Waals surface area (Å²) in [5.41, 5.74) is -1.79. The molecule has 0 bridgehead atoms. The Morgan fingerprint density at radius 1 is 1.32 bits per heavy atom. The van der Waals surface area contributed by atoms with Gasteiger partial charge in [0.15, 0.2) is 11.5 Å². The molecule has 0 saturated carbocycles. The zero-order chi connectivity index (χ0) is 16.3. The molecule has 0 aliphatic rings. The molecular weight excluding hydrogens is 303 g/mol. The number of amides is 1. The number of anilines is 1. The number of benzene rings is 1. The Hall–Kier alpha value is -2.84. The van der Waals surface area contributed by atoms with Crippen LogP contribution in [0.5, 0.6) is 0 Å². The monoisotopic (exact) mass is 313 g/mol. The molecule has 2 aromatic rings. The summed E-state index contributed by atoms with van der Waals surface area (Å²) in [6.45, 7) is 1.53. The van der Waals surface area contributed by atoms with Gasteiger partial charge in [-0.25, -0.2) is 13.6 Å². The van der Waals surface area contributed by atoms with Crippen LogP contribution >= 0.6 is 0 Å². The van der Waals surface area contributed by atoms with Crippen LogP contribution in [-0.2, 0) is 4.74 Å². The highest BCUT2D eigenvalue weighted by Gasteiger charge is 2.22. The third-order valence-corrected chi connectivity index (χ3v) is 2.60. The first-order valence-corrected chi connectivity index (χ1v) is 6.11. The Balaban J connectivity index is 2.32. The first kappa shape index (κ1) is 15.5. The molecule has 1 aromatic heterocycles. The number of halogens is 3. The van der Waals surface area contributed by atoms with E-state index in [4.69, 9.17) is 0 Å². The van der Waals surface area contributed by atoms with Gasteiger partial charge in [-0.2, -0.15) is 9.49 Å². The quantitative estimate of drug-likeness (QED) is 0.848. The van der Waals surface area contributed by atoms with E-state index >= 15 is 0 Å². The van der Waals surface area contributed by atoms with E-state index in [9.17, 15) is 22.8 Å². The summed E-state index contributed by atoms with van der Waals surface area (Å²) < 4.78 is 45.1. The van der Waals surface area contributed by atoms with Gasteiger partial charge in [0.05, 0.1) is 12.2 Å². The summed E-state index contributed by atoms with van der Waals surface area (Å²) in [5.74, 6) is -5.32. The molecule has 6 nitrogen and oxygen atoms in total. The van der Waals surface area contributed by atoms with E-state index in [2.05, 4.69) is 9.84 Å². The van der Waals surface area contributed by atoms with Gasteiger partial charge in [0.25, 0.3) is 5.91 Å². The first-order chi connectivity index (χ1) is 10.4. The number of carbonyl (C=O) groups excluding carboxylic acids is 2. The van der Waals surface area contributed by atoms with Gasteiger partial charge in [0.1, 0.15) is 11.5 Å². The Kier molecular flexibility index (Phi) is 4.44. The second-order valence-electron chi connectivity index (χ2n) is 4.06. The smallest absolute Gasteiger partial charge is 0.341 e. The minimum Gasteiger partial charge on any atom is -0.462 e. The van der Waals surface area contributed by atoms with Gasteiger partial charge < -0.3 is 10.1 Å². The van der Waals surface area contributed by atoms with Gasteiger partial charge >= 0.3 is 5.97 Å². The van der Waals surface area contributed by atoms with Crippen molar-refractivity contribution in [3.63, 3.8) is 0 Å². The predicted molar refractivity (Wildman–Crippen MR) is 68.8 cm³/mol. The minimum atomic E-state index is -1.29. The molecule has 116 valence electrons. The Morgan fingerprint density at radius 3 is 2.64 bits per heavy atom. The van der Waals surface area contributed by atoms with Crippen molar-refractivity contribution in [1.29, 1.82) is 0 Å². The zero-order valence-corrected chi connectivity index (χ0v) is 11.2. The summed E-state index contributed by atoms with van der Waals surface area (Å²) in [5, 5.41) is 7.08. The first-order valence-electron chi connectivity index (χ1n) is 6.11. The van der Waals surface area contributed by atoms with Crippen molar-refractivity contribution >= 4 is 17.6 Å². The molecule has 1 amide bonds. The molecule has 2 rings (SSSR count). The molecule has 1 aromatic carbocycles. The number of aromatic amines is 1. The lowest BCUT2D eigenvalue weighted by Gasteiger charge is -2.09. The fourth-order valence-electron chi connectivity index (χ4n) is 1.63. The number of H-pyrrole nitrogens is 1. The number of ether oxygens (including phenoxy) is 1. The fraction of sp³-hybridized carbons (Fsp3) is 0.154. The maximum Gasteiger partial charge on any atom is 0.341 e. The third-order valence-electron chi connectivity index (χ3n) is 2.60. The van der Waals surface area contributed by atoms with Crippen molar-refractivity contribution in [2.75, 3.05) is 11.9 Å². The predicted octanol–water partition coefficient (Wildman–Crippen LogP) is 2.26. The minimum absolute atomic E-state index is 0.00386. The molecule has 1 heterocycles. The highest BCUT2D eigenvalue weighted by atomic mass is 19.1. The number of hydrogen-bond donors (Lipinski definition) is 2. The van der Waals surface area contributed by atoms with Crippen LogP contribution in [0.25, 0.3) is 0 Å². The summed E-state index contributed by atoms with van der Waals surface area (Å²) in [6.07, 6.45) is 0. The van der Waals surface area contributed by atoms with Crippen LogP contribution < -0.4 is 5.32 Å². The van der Waals surface area contributed by atoms with E-state index in [1.165, 1.54) is 6.92 Å². The van der Waals surface area contributed by atoms with Gasteiger partial charge in [-0.05, 0) is 19.1 Å². The largest absolute Gasteiger partial charge is 0.462 e. The summed E-state index contributed by atoms with van der Waals surface area (Å²) in [7, 11) is 0. The van der Waals surface area contributed by atoms with Crippen LogP contribution in [0.1, 0.15) is 27.8 Å². The molecule has 0 aliphatic heterocycles. The summed E-state index contributed by atoms with van der Waals surface area (Å²) >= 11 is 0. The van der Waals surface area contributed by atoms with E-state index in [0.29, 0.717) is 0 Å². The van der Waals surface area contributed by atoms with E-state index < -0.39 is 46.4 Å². The number of esters is 1. The standard InChI is InChI=1S/C13H10F3N3O3/c1-2-22-13(21)6-3-4-7(14)11(10(6)16)17-12(20)8-5-9(15)19-18-8/h3-5H,2H2,1H3,(H,17,20)(H,18,19). The summed E-state index contributed by atoms with van der Waals surface area (Å²) in [4.78, 5) is 23.3. The lowest BCUT2D eigenvalue weighted by molar-refractivity contribution is 0.0521. The number of rotatable bonds is 4. The average molecular weight is 313 g/mol. The van der Waals surface area contributed by atoms with Crippen LogP contribution in [0.4, 0.5) is 18.9 Å². The number of hydrogen-bond acceptors (Lipinski definition) is 4. The number of nitrogens with one attached hydrogen (secondary N) is 2. The van der Waals surface area contributed by atoms with E-state index in [-0.39, 0.29) is 6.61 Å². The van der Waals surface area contributed by atoms with Crippen LogP contribution in [0.15, 0.2) is 18.2 Å². The van der Waals surface area contributed by atoms with E-state index in [1.807, 2.05) is 10.4 Å². The van der Waals surface area contributed by atoms with Crippen molar-refractivity contribution in [3.05, 3.63) is 47.0 Å². The molecule has 0 unspecified atom stereocenters. The normalized spacial score (nSPS) is 10.4. The highest BCUT2D eigenvalue weighted by molar-refractivity contribution is 6.03. The molecule has 0 spiro atoms. The third kappa shape index (κ3) is 3.08. The molecule has 0 fully saturated rings. The van der Waals surface area contributed by atoms with Gasteiger partial charge in [-0.15, -0.1) is 0 Å². The molecule has 0 aliphatic carbocycles. The second kappa shape index (κ2) is 6.29. The van der Waals surface area contributed by atoms with Crippen LogP contribution in [0, 0.1) is 17.6 Å². The Labute approximate surface area is 122 Å². The van der Waals surface area contributed by atoms with Crippen molar-refractivity contribution < 1.29 is 27.5 Å². The molecule has 2 N–H and O–H groups in total. The molecule has 0 saturated heterocycles. The highest BCUT2D eigenvalue weighted by Crippen LogP contribution is 2.23. The van der Waals surface area contributed by atoms with Crippen molar-refractivity contribution in [2.45, 2.75) is 6.92 Å². The van der Waals surface area contributed by atoms with E-state index in [0.717, 1.165) is 18.2 Å². The fourth-order valence-corrected chi connectivity index (χ4v) is 1.63. The molecule has 0 atom stereocenters. The van der Waals surface area contributed by atoms with Crippen molar-refractivity contribution in [2.24, 2.45) is 0 Å². The van der Waals surface area contributed by atoms with Gasteiger partial charge in [0, 0.05) is 6.07 Å². The van der Waals surface area contributed by atoms with Gasteiger partial charge in [-0.3, -0.25) is 9.89 Å². The Bertz CT molecular complexity index is 731. The number of aromatic nitrogens is 2. The average Bonchev–Trinajstić information content (AvgIpc) is 2.90. The molecular formula is C13H10F3N3O3. The maximum atomic E-state index is 14.1. The van der Waals surface area contributed by atoms with E-state index in [1.54, 1.807) is 0 Å². The van der Waals surface area contributed by atoms with Crippen LogP contribution in [0.3, 0.4) is 0 Å². The lowest BCUT2D eigenvalue weighted by Crippen LogP contribution is -2.17. The SMILES string of the molecule is CCOC(=O)c1ccc(F)c(NC(=O)c2cc(F)[nH]n2)c1F. The van der Waals surface area contributed by atoms with Crippen molar-refractivity contribution in [3.8, 4) is 0 Å². The molecule has 9 heteroatoms. The lowest BCUT2D eigenvalue weighted by atomic mass is 10.1. The second-order valence-corrected chi connectivity index (χ2v) is 4.06. The van der Waals surface area contributed by atoms with Crippen LogP contribution in [-0.4, -0.2) is 28.7 Å².